The van der Waals surface area contributed by atoms with E-state index < -0.39 is 0 Å². The lowest BCUT2D eigenvalue weighted by atomic mass is 10.2. The van der Waals surface area contributed by atoms with Gasteiger partial charge in [-0.2, -0.15) is 0 Å². The summed E-state index contributed by atoms with van der Waals surface area (Å²) in [6, 6.07) is 1.85. The van der Waals surface area contributed by atoms with Crippen LogP contribution >= 0.6 is 11.3 Å². The van der Waals surface area contributed by atoms with Gasteiger partial charge in [-0.25, -0.2) is 0 Å². The van der Waals surface area contributed by atoms with Crippen molar-refractivity contribution < 1.29 is 9.90 Å². The molecular formula is C16H24N2O2S. The molecule has 0 radical (unpaired) electrons. The Labute approximate surface area is 131 Å². The lowest BCUT2D eigenvalue weighted by Crippen LogP contribution is -2.35. The van der Waals surface area contributed by atoms with Crippen molar-refractivity contribution in [2.45, 2.75) is 26.7 Å². The maximum absolute atomic E-state index is 12.2. The average Bonchev–Trinajstić information content (AvgIpc) is 2.95. The molecule has 0 atom stereocenters. The number of rotatable bonds is 8. The molecule has 1 rings (SSSR count). The molecule has 1 aromatic rings. The van der Waals surface area contributed by atoms with Crippen molar-refractivity contribution >= 4 is 17.2 Å². The van der Waals surface area contributed by atoms with Gasteiger partial charge in [0.05, 0.1) is 6.61 Å². The van der Waals surface area contributed by atoms with E-state index in [-0.39, 0.29) is 12.5 Å². The van der Waals surface area contributed by atoms with Crippen molar-refractivity contribution in [1.29, 1.82) is 0 Å². The molecule has 0 aliphatic carbocycles. The van der Waals surface area contributed by atoms with Crippen molar-refractivity contribution in [3.8, 4) is 11.8 Å². The largest absolute Gasteiger partial charge is 0.395 e. The van der Waals surface area contributed by atoms with Crippen LogP contribution in [0.15, 0.2) is 11.4 Å². The van der Waals surface area contributed by atoms with Gasteiger partial charge in [0.1, 0.15) is 4.88 Å². The van der Waals surface area contributed by atoms with Gasteiger partial charge in [0.2, 0.25) is 0 Å². The van der Waals surface area contributed by atoms with Crippen molar-refractivity contribution in [3.63, 3.8) is 0 Å². The molecular weight excluding hydrogens is 284 g/mol. The molecule has 21 heavy (non-hydrogen) atoms. The minimum atomic E-state index is -0.0640. The van der Waals surface area contributed by atoms with Crippen LogP contribution in [0.4, 0.5) is 0 Å². The Kier molecular flexibility index (Phi) is 8.76. The minimum Gasteiger partial charge on any atom is -0.395 e. The van der Waals surface area contributed by atoms with Crippen molar-refractivity contribution in [1.82, 2.24) is 10.2 Å². The third-order valence-electron chi connectivity index (χ3n) is 3.03. The number of likely N-dealkylation sites (N-methyl/N-ethyl adjacent to an activating group) is 1. The highest BCUT2D eigenvalue weighted by Gasteiger charge is 2.11. The molecule has 0 spiro atoms. The summed E-state index contributed by atoms with van der Waals surface area (Å²) in [6.07, 6.45) is 1.55. The standard InChI is InChI=1S/C16H24N2O2S/c1-3-10-18(4-2)11-9-17-16(20)15-14(8-13-21-15)7-5-6-12-19/h8,13,19H,3-4,6,9-12H2,1-2H3,(H,17,20). The molecule has 1 heterocycles. The van der Waals surface area contributed by atoms with E-state index in [0.717, 1.165) is 31.6 Å². The molecule has 0 aliphatic rings. The van der Waals surface area contributed by atoms with E-state index in [9.17, 15) is 4.79 Å². The van der Waals surface area contributed by atoms with Gasteiger partial charge < -0.3 is 15.3 Å². The molecule has 2 N–H and O–H groups in total. The monoisotopic (exact) mass is 308 g/mol. The van der Waals surface area contributed by atoms with Gasteiger partial charge in [-0.1, -0.05) is 25.7 Å². The molecule has 0 aromatic carbocycles. The van der Waals surface area contributed by atoms with Gasteiger partial charge in [0.25, 0.3) is 5.91 Å². The van der Waals surface area contributed by atoms with Crippen LogP contribution in [-0.4, -0.2) is 48.7 Å². The Balaban J connectivity index is 2.49. The molecule has 4 nitrogen and oxygen atoms in total. The summed E-state index contributed by atoms with van der Waals surface area (Å²) in [5, 5.41) is 13.5. The predicted octanol–water partition coefficient (Wildman–Crippen LogP) is 1.94. The number of carbonyl (C=O) groups excluding carboxylic acids is 1. The highest BCUT2D eigenvalue weighted by Crippen LogP contribution is 2.15. The van der Waals surface area contributed by atoms with Crippen LogP contribution in [0.3, 0.4) is 0 Å². The summed E-state index contributed by atoms with van der Waals surface area (Å²) < 4.78 is 0. The second-order valence-electron chi connectivity index (χ2n) is 4.63. The summed E-state index contributed by atoms with van der Waals surface area (Å²) in [5.74, 6) is 5.72. The fraction of sp³-hybridized carbons (Fsp3) is 0.562. The van der Waals surface area contributed by atoms with Crippen LogP contribution in [0.1, 0.15) is 41.9 Å². The molecule has 0 saturated heterocycles. The third-order valence-corrected chi connectivity index (χ3v) is 3.95. The van der Waals surface area contributed by atoms with Gasteiger partial charge >= 0.3 is 0 Å². The molecule has 0 aliphatic heterocycles. The summed E-state index contributed by atoms with van der Waals surface area (Å²) >= 11 is 1.40. The van der Waals surface area contributed by atoms with Crippen LogP contribution in [0.2, 0.25) is 0 Å². The lowest BCUT2D eigenvalue weighted by molar-refractivity contribution is 0.0952. The van der Waals surface area contributed by atoms with E-state index in [0.29, 0.717) is 17.8 Å². The molecule has 0 saturated carbocycles. The zero-order chi connectivity index (χ0) is 15.5. The van der Waals surface area contributed by atoms with Crippen molar-refractivity contribution in [3.05, 3.63) is 21.9 Å². The van der Waals surface area contributed by atoms with E-state index in [2.05, 4.69) is 35.9 Å². The van der Waals surface area contributed by atoms with Gasteiger partial charge in [0, 0.05) is 25.1 Å². The summed E-state index contributed by atoms with van der Waals surface area (Å²) in [4.78, 5) is 15.1. The molecule has 5 heteroatoms. The Bertz CT molecular complexity index is 488. The van der Waals surface area contributed by atoms with E-state index in [4.69, 9.17) is 5.11 Å². The van der Waals surface area contributed by atoms with Crippen LogP contribution < -0.4 is 5.32 Å². The van der Waals surface area contributed by atoms with Crippen LogP contribution in [0.5, 0.6) is 0 Å². The van der Waals surface area contributed by atoms with Crippen LogP contribution in [0.25, 0.3) is 0 Å². The number of nitrogens with zero attached hydrogens (tertiary/aromatic N) is 1. The zero-order valence-electron chi connectivity index (χ0n) is 12.8. The first-order valence-corrected chi connectivity index (χ1v) is 8.28. The highest BCUT2D eigenvalue weighted by molar-refractivity contribution is 7.12. The van der Waals surface area contributed by atoms with E-state index in [1.54, 1.807) is 0 Å². The third kappa shape index (κ3) is 6.30. The Morgan fingerprint density at radius 1 is 1.43 bits per heavy atom. The Morgan fingerprint density at radius 3 is 2.90 bits per heavy atom. The summed E-state index contributed by atoms with van der Waals surface area (Å²) in [5.41, 5.74) is 0.742. The van der Waals surface area contributed by atoms with E-state index in [1.807, 2.05) is 11.4 Å². The van der Waals surface area contributed by atoms with E-state index >= 15 is 0 Å². The molecule has 0 unspecified atom stereocenters. The average molecular weight is 308 g/mol. The lowest BCUT2D eigenvalue weighted by Gasteiger charge is -2.19. The summed E-state index contributed by atoms with van der Waals surface area (Å²) in [7, 11) is 0. The van der Waals surface area contributed by atoms with E-state index in [1.165, 1.54) is 11.3 Å². The maximum Gasteiger partial charge on any atom is 0.262 e. The topological polar surface area (TPSA) is 52.6 Å². The van der Waals surface area contributed by atoms with Gasteiger partial charge in [0.15, 0.2) is 0 Å². The highest BCUT2D eigenvalue weighted by atomic mass is 32.1. The molecule has 116 valence electrons. The van der Waals surface area contributed by atoms with Crippen molar-refractivity contribution in [2.24, 2.45) is 0 Å². The quantitative estimate of drug-likeness (QED) is 0.722. The van der Waals surface area contributed by atoms with Crippen molar-refractivity contribution in [2.75, 3.05) is 32.8 Å². The number of amides is 1. The normalized spacial score (nSPS) is 10.3. The molecule has 0 fully saturated rings. The molecule has 1 aromatic heterocycles. The smallest absolute Gasteiger partial charge is 0.262 e. The number of hydrogen-bond donors (Lipinski definition) is 2. The predicted molar refractivity (Wildman–Crippen MR) is 87.6 cm³/mol. The number of thiophene rings is 1. The van der Waals surface area contributed by atoms with Crippen LogP contribution in [-0.2, 0) is 0 Å². The second-order valence-corrected chi connectivity index (χ2v) is 5.55. The number of hydrogen-bond acceptors (Lipinski definition) is 4. The maximum atomic E-state index is 12.2. The number of aliphatic hydroxyl groups excluding tert-OH is 1. The zero-order valence-corrected chi connectivity index (χ0v) is 13.6. The van der Waals surface area contributed by atoms with Gasteiger partial charge in [-0.15, -0.1) is 11.3 Å². The van der Waals surface area contributed by atoms with Gasteiger partial charge in [-0.05, 0) is 31.0 Å². The number of nitrogens with one attached hydrogen (secondary N) is 1. The Morgan fingerprint density at radius 2 is 2.24 bits per heavy atom. The first-order valence-electron chi connectivity index (χ1n) is 7.40. The molecule has 1 amide bonds. The second kappa shape index (κ2) is 10.4. The fourth-order valence-electron chi connectivity index (χ4n) is 1.95. The fourth-order valence-corrected chi connectivity index (χ4v) is 2.71. The minimum absolute atomic E-state index is 0.0446. The van der Waals surface area contributed by atoms with Gasteiger partial charge in [-0.3, -0.25) is 4.79 Å². The Hall–Kier alpha value is -1.35. The number of aliphatic hydroxyl groups is 1. The first-order chi connectivity index (χ1) is 10.2. The molecule has 0 bridgehead atoms. The van der Waals surface area contributed by atoms with Crippen LogP contribution in [0, 0.1) is 11.8 Å². The summed E-state index contributed by atoms with van der Waals surface area (Å²) in [6.45, 7) is 7.91. The number of carbonyl (C=O) groups is 1. The first kappa shape index (κ1) is 17.7. The SMILES string of the molecule is CCCN(CC)CCNC(=O)c1sccc1C#CCCO.